The third-order valence-corrected chi connectivity index (χ3v) is 4.42. The lowest BCUT2D eigenvalue weighted by Crippen LogP contribution is -2.22. The second kappa shape index (κ2) is 6.97. The first-order valence-corrected chi connectivity index (χ1v) is 8.48. The summed E-state index contributed by atoms with van der Waals surface area (Å²) in [4.78, 5) is 39.0. The molecule has 0 N–H and O–H groups in total. The van der Waals surface area contributed by atoms with Crippen LogP contribution < -0.4 is 5.56 Å². The second-order valence-corrected chi connectivity index (χ2v) is 6.15. The Morgan fingerprint density at radius 1 is 0.828 bits per heavy atom. The first-order valence-electron chi connectivity index (χ1n) is 8.48. The highest BCUT2D eigenvalue weighted by molar-refractivity contribution is 5.81. The third-order valence-electron chi connectivity index (χ3n) is 4.42. The average Bonchev–Trinajstić information content (AvgIpc) is 2.74. The number of aromatic nitrogens is 2. The summed E-state index contributed by atoms with van der Waals surface area (Å²) in [6.45, 7) is 0. The van der Waals surface area contributed by atoms with Gasteiger partial charge in [-0.25, -0.2) is 4.98 Å². The zero-order valence-corrected chi connectivity index (χ0v) is 14.8. The molecule has 4 aromatic rings. The first-order chi connectivity index (χ1) is 14.0. The Bertz CT molecular complexity index is 1330. The summed E-state index contributed by atoms with van der Waals surface area (Å²) in [5.74, 6) is 0.200. The molecule has 3 aromatic carbocycles. The number of non-ortho nitro benzene ring substituents is 1. The number of rotatable bonds is 4. The van der Waals surface area contributed by atoms with E-state index in [0.717, 1.165) is 16.7 Å². The number of para-hydroxylation sites is 1. The number of nitrogens with zero attached hydrogens (tertiary/aromatic N) is 4. The second-order valence-electron chi connectivity index (χ2n) is 6.15. The summed E-state index contributed by atoms with van der Waals surface area (Å²) in [5, 5.41) is 23.0. The monoisotopic (exact) mass is 388 g/mol. The molecule has 0 amide bonds. The van der Waals surface area contributed by atoms with Gasteiger partial charge in [0.2, 0.25) is 0 Å². The number of hydrogen-bond donors (Lipinski definition) is 0. The molecule has 9 nitrogen and oxygen atoms in total. The van der Waals surface area contributed by atoms with Gasteiger partial charge in [-0.15, -0.1) is 0 Å². The van der Waals surface area contributed by atoms with E-state index < -0.39 is 26.8 Å². The summed E-state index contributed by atoms with van der Waals surface area (Å²) in [6.07, 6.45) is 0. The first kappa shape index (κ1) is 18.0. The zero-order valence-electron chi connectivity index (χ0n) is 14.8. The van der Waals surface area contributed by atoms with Crippen LogP contribution in [0.4, 0.5) is 11.4 Å². The zero-order chi connectivity index (χ0) is 20.5. The minimum atomic E-state index is -0.751. The van der Waals surface area contributed by atoms with Gasteiger partial charge in [0.25, 0.3) is 16.9 Å². The van der Waals surface area contributed by atoms with Crippen LogP contribution in [0.5, 0.6) is 0 Å². The highest BCUT2D eigenvalue weighted by Crippen LogP contribution is 2.30. The molecule has 0 spiro atoms. The molecule has 4 rings (SSSR count). The van der Waals surface area contributed by atoms with Crippen molar-refractivity contribution in [3.63, 3.8) is 0 Å². The summed E-state index contributed by atoms with van der Waals surface area (Å²) >= 11 is 0. The van der Waals surface area contributed by atoms with Crippen LogP contribution in [0.25, 0.3) is 28.0 Å². The highest BCUT2D eigenvalue weighted by Gasteiger charge is 2.24. The van der Waals surface area contributed by atoms with Crippen LogP contribution in [0.3, 0.4) is 0 Å². The lowest BCUT2D eigenvalue weighted by Gasteiger charge is -2.14. The lowest BCUT2D eigenvalue weighted by atomic mass is 10.1. The molecule has 1 aromatic heterocycles. The van der Waals surface area contributed by atoms with Crippen molar-refractivity contribution in [1.82, 2.24) is 9.55 Å². The van der Waals surface area contributed by atoms with E-state index in [1.165, 1.54) is 6.07 Å². The quantitative estimate of drug-likeness (QED) is 0.386. The third kappa shape index (κ3) is 3.10. The molecule has 1 heterocycles. The van der Waals surface area contributed by atoms with Crippen LogP contribution in [-0.4, -0.2) is 19.4 Å². The number of hydrogen-bond acceptors (Lipinski definition) is 6. The number of nitro benzene ring substituents is 2. The molecule has 0 atom stereocenters. The van der Waals surface area contributed by atoms with E-state index in [2.05, 4.69) is 4.98 Å². The Labute approximate surface area is 162 Å². The molecule has 0 radical (unpaired) electrons. The van der Waals surface area contributed by atoms with Crippen molar-refractivity contribution < 1.29 is 9.85 Å². The standard InChI is InChI=1S/C20H12N4O5/c25-20-15-8-4-5-9-16(15)21-19(13-6-2-1-3-7-13)22(20)17-11-10-14(23(26)27)12-18(17)24(28)29/h1-12H. The van der Waals surface area contributed by atoms with Gasteiger partial charge in [-0.2, -0.15) is 0 Å². The molecular formula is C20H12N4O5. The Morgan fingerprint density at radius 3 is 2.21 bits per heavy atom. The van der Waals surface area contributed by atoms with Gasteiger partial charge in [-0.3, -0.25) is 29.6 Å². The van der Waals surface area contributed by atoms with E-state index in [0.29, 0.717) is 11.1 Å². The minimum Gasteiger partial charge on any atom is -0.268 e. The van der Waals surface area contributed by atoms with Crippen LogP contribution in [0.2, 0.25) is 0 Å². The van der Waals surface area contributed by atoms with Crippen LogP contribution >= 0.6 is 0 Å². The molecule has 142 valence electrons. The van der Waals surface area contributed by atoms with E-state index in [9.17, 15) is 25.0 Å². The van der Waals surface area contributed by atoms with Crippen molar-refractivity contribution >= 4 is 22.3 Å². The normalized spacial score (nSPS) is 10.8. The maximum atomic E-state index is 13.3. The fourth-order valence-electron chi connectivity index (χ4n) is 3.10. The predicted molar refractivity (Wildman–Crippen MR) is 106 cm³/mol. The van der Waals surface area contributed by atoms with Gasteiger partial charge >= 0.3 is 0 Å². The average molecular weight is 388 g/mol. The van der Waals surface area contributed by atoms with Crippen molar-refractivity contribution in [1.29, 1.82) is 0 Å². The van der Waals surface area contributed by atoms with Crippen LogP contribution in [0, 0.1) is 20.2 Å². The maximum Gasteiger partial charge on any atom is 0.300 e. The molecule has 29 heavy (non-hydrogen) atoms. The Morgan fingerprint density at radius 2 is 1.52 bits per heavy atom. The van der Waals surface area contributed by atoms with Gasteiger partial charge in [0.1, 0.15) is 11.5 Å². The fourth-order valence-corrected chi connectivity index (χ4v) is 3.10. The molecule has 0 aliphatic heterocycles. The Kier molecular flexibility index (Phi) is 4.32. The molecular weight excluding hydrogens is 376 g/mol. The summed E-state index contributed by atoms with van der Waals surface area (Å²) in [5.41, 5.74) is -0.589. The van der Waals surface area contributed by atoms with Crippen LogP contribution in [-0.2, 0) is 0 Å². The summed E-state index contributed by atoms with van der Waals surface area (Å²) < 4.78 is 1.12. The fraction of sp³-hybridized carbons (Fsp3) is 0. The molecule has 0 fully saturated rings. The molecule has 0 aliphatic carbocycles. The van der Waals surface area contributed by atoms with Crippen LogP contribution in [0.1, 0.15) is 0 Å². The van der Waals surface area contributed by atoms with Crippen molar-refractivity contribution in [2.75, 3.05) is 0 Å². The van der Waals surface area contributed by atoms with Gasteiger partial charge in [0.15, 0.2) is 0 Å². The lowest BCUT2D eigenvalue weighted by molar-refractivity contribution is -0.394. The summed E-state index contributed by atoms with van der Waals surface area (Å²) in [7, 11) is 0. The molecule has 0 saturated carbocycles. The smallest absolute Gasteiger partial charge is 0.268 e. The van der Waals surface area contributed by atoms with Gasteiger partial charge in [-0.1, -0.05) is 42.5 Å². The molecule has 9 heteroatoms. The molecule has 0 unspecified atom stereocenters. The Hall–Kier alpha value is -4.40. The predicted octanol–water partition coefficient (Wildman–Crippen LogP) is 3.87. The maximum absolute atomic E-state index is 13.3. The van der Waals surface area contributed by atoms with E-state index in [1.807, 2.05) is 0 Å². The topological polar surface area (TPSA) is 121 Å². The van der Waals surface area contributed by atoms with Crippen LogP contribution in [0.15, 0.2) is 77.6 Å². The SMILES string of the molecule is O=c1c2ccccc2nc(-c2ccccc2)n1-c1ccc([N+](=O)[O-])cc1[N+](=O)[O-]. The molecule has 0 saturated heterocycles. The number of fused-ring (bicyclic) bond motifs is 1. The van der Waals surface area contributed by atoms with Gasteiger partial charge in [0.05, 0.1) is 26.8 Å². The van der Waals surface area contributed by atoms with Crippen molar-refractivity contribution in [2.45, 2.75) is 0 Å². The highest BCUT2D eigenvalue weighted by atomic mass is 16.6. The van der Waals surface area contributed by atoms with Crippen molar-refractivity contribution in [3.8, 4) is 17.1 Å². The van der Waals surface area contributed by atoms with Crippen molar-refractivity contribution in [3.05, 3.63) is 103 Å². The molecule has 0 aliphatic rings. The number of benzene rings is 3. The Balaban J connectivity index is 2.14. The number of nitro groups is 2. The van der Waals surface area contributed by atoms with E-state index in [-0.39, 0.29) is 16.9 Å². The van der Waals surface area contributed by atoms with E-state index >= 15 is 0 Å². The molecule has 0 bridgehead atoms. The van der Waals surface area contributed by atoms with Gasteiger partial charge < -0.3 is 0 Å². The largest absolute Gasteiger partial charge is 0.300 e. The van der Waals surface area contributed by atoms with Crippen molar-refractivity contribution in [2.24, 2.45) is 0 Å². The van der Waals surface area contributed by atoms with E-state index in [4.69, 9.17) is 0 Å². The van der Waals surface area contributed by atoms with Gasteiger partial charge in [0, 0.05) is 11.6 Å². The van der Waals surface area contributed by atoms with E-state index in [1.54, 1.807) is 54.6 Å². The summed E-state index contributed by atoms with van der Waals surface area (Å²) in [6, 6.07) is 18.6. The van der Waals surface area contributed by atoms with Gasteiger partial charge in [-0.05, 0) is 18.2 Å². The minimum absolute atomic E-state index is 0.0947.